The number of hydrogen-bond acceptors (Lipinski definition) is 6. The maximum atomic E-state index is 13.3. The lowest BCUT2D eigenvalue weighted by Crippen LogP contribution is -2.49. The van der Waals surface area contributed by atoms with Crippen molar-refractivity contribution in [2.24, 2.45) is 0 Å². The summed E-state index contributed by atoms with van der Waals surface area (Å²) >= 11 is 4.78. The lowest BCUT2D eigenvalue weighted by Gasteiger charge is -2.29. The summed E-state index contributed by atoms with van der Waals surface area (Å²) in [6, 6.07) is 0. The van der Waals surface area contributed by atoms with Crippen LogP contribution in [-0.2, 0) is 4.74 Å². The van der Waals surface area contributed by atoms with E-state index in [9.17, 15) is 23.8 Å². The number of rotatable bonds is 3. The van der Waals surface area contributed by atoms with Crippen LogP contribution in [-0.4, -0.2) is 56.0 Å². The Hall–Kier alpha value is -1.20. The lowest BCUT2D eigenvalue weighted by molar-refractivity contribution is -0.121. The molecule has 4 atom stereocenters. The number of ether oxygens (including phenoxy) is 1. The number of nitrogens with zero attached hydrogens (tertiary/aromatic N) is 1. The van der Waals surface area contributed by atoms with Crippen molar-refractivity contribution in [2.45, 2.75) is 24.0 Å². The molecule has 0 radical (unpaired) electrons. The monoisotopic (exact) mass is 310 g/mol. The summed E-state index contributed by atoms with van der Waals surface area (Å²) < 4.78 is 32.0. The molecule has 4 N–H and O–H groups in total. The first kappa shape index (κ1) is 15.2. The molecule has 1 aromatic heterocycles. The van der Waals surface area contributed by atoms with Gasteiger partial charge in [0.05, 0.1) is 12.8 Å². The molecule has 0 amide bonds. The molecule has 1 fully saturated rings. The second-order valence-electron chi connectivity index (χ2n) is 4.42. The largest absolute Gasteiger partial charge is 0.394 e. The minimum absolute atomic E-state index is 0.320. The Balaban J connectivity index is 2.54. The van der Waals surface area contributed by atoms with Crippen LogP contribution in [0.1, 0.15) is 6.23 Å². The van der Waals surface area contributed by atoms with Crippen molar-refractivity contribution in [3.63, 3.8) is 0 Å². The van der Waals surface area contributed by atoms with Crippen LogP contribution in [0.5, 0.6) is 0 Å². The summed E-state index contributed by atoms with van der Waals surface area (Å²) in [6.45, 7) is -2.10. The third kappa shape index (κ3) is 2.19. The van der Waals surface area contributed by atoms with Gasteiger partial charge in [-0.15, -0.1) is 0 Å². The highest BCUT2D eigenvalue weighted by atomic mass is 32.1. The van der Waals surface area contributed by atoms with Gasteiger partial charge in [0.25, 0.3) is 5.56 Å². The molecule has 7 nitrogen and oxygen atoms in total. The number of aromatic nitrogens is 2. The standard InChI is InChI=1S/C10H12F2N2O5S/c11-3-10(18)6(16)5(2-15)19-8(10)14-1-4(12)7(17)13-9(14)20/h1,5-6,8,15-16,18H,2-3H2,(H,13,17,20)/t5-,6+,8-,10?/m1/s1. The van der Waals surface area contributed by atoms with Gasteiger partial charge in [0, 0.05) is 0 Å². The first-order valence-corrected chi connectivity index (χ1v) is 5.99. The topological polar surface area (TPSA) is 108 Å². The van der Waals surface area contributed by atoms with E-state index >= 15 is 0 Å². The molecule has 2 heterocycles. The predicted molar refractivity (Wildman–Crippen MR) is 63.8 cm³/mol. The fourth-order valence-corrected chi connectivity index (χ4v) is 2.30. The van der Waals surface area contributed by atoms with E-state index in [2.05, 4.69) is 0 Å². The molecular weight excluding hydrogens is 298 g/mol. The van der Waals surface area contributed by atoms with Gasteiger partial charge in [0.2, 0.25) is 5.82 Å². The van der Waals surface area contributed by atoms with Crippen molar-refractivity contribution in [3.05, 3.63) is 27.1 Å². The van der Waals surface area contributed by atoms with Crippen molar-refractivity contribution in [2.75, 3.05) is 13.3 Å². The number of aliphatic hydroxyl groups excluding tert-OH is 2. The molecule has 1 aliphatic rings. The van der Waals surface area contributed by atoms with Crippen LogP contribution >= 0.6 is 12.2 Å². The van der Waals surface area contributed by atoms with Crippen LogP contribution in [0.4, 0.5) is 8.78 Å². The molecular formula is C10H12F2N2O5S. The Morgan fingerprint density at radius 1 is 1.60 bits per heavy atom. The normalized spacial score (nSPS) is 33.5. The molecule has 0 aliphatic carbocycles. The van der Waals surface area contributed by atoms with Gasteiger partial charge in [-0.1, -0.05) is 0 Å². The second-order valence-corrected chi connectivity index (χ2v) is 4.81. The summed E-state index contributed by atoms with van der Waals surface area (Å²) in [7, 11) is 0. The zero-order valence-electron chi connectivity index (χ0n) is 9.99. The van der Waals surface area contributed by atoms with Crippen LogP contribution in [0.3, 0.4) is 0 Å². The molecule has 1 unspecified atom stereocenters. The molecule has 20 heavy (non-hydrogen) atoms. The minimum atomic E-state index is -2.42. The molecule has 112 valence electrons. The maximum absolute atomic E-state index is 13.3. The van der Waals surface area contributed by atoms with Gasteiger partial charge in [0.15, 0.2) is 16.6 Å². The van der Waals surface area contributed by atoms with Gasteiger partial charge < -0.3 is 20.1 Å². The number of aromatic amines is 1. The number of alkyl halides is 1. The number of aliphatic hydroxyl groups is 3. The second kappa shape index (κ2) is 5.30. The van der Waals surface area contributed by atoms with Crippen molar-refractivity contribution < 1.29 is 28.8 Å². The van der Waals surface area contributed by atoms with Crippen LogP contribution in [0.2, 0.25) is 0 Å². The van der Waals surface area contributed by atoms with Gasteiger partial charge in [-0.25, -0.2) is 4.39 Å². The maximum Gasteiger partial charge on any atom is 0.287 e. The van der Waals surface area contributed by atoms with E-state index in [1.807, 2.05) is 4.98 Å². The number of nitrogens with one attached hydrogen (secondary N) is 1. The number of H-pyrrole nitrogens is 1. The van der Waals surface area contributed by atoms with Crippen molar-refractivity contribution >= 4 is 12.2 Å². The van der Waals surface area contributed by atoms with Gasteiger partial charge in [-0.2, -0.15) is 4.39 Å². The third-order valence-electron chi connectivity index (χ3n) is 3.17. The van der Waals surface area contributed by atoms with E-state index in [4.69, 9.17) is 22.1 Å². The van der Waals surface area contributed by atoms with Crippen LogP contribution < -0.4 is 5.56 Å². The van der Waals surface area contributed by atoms with Crippen LogP contribution in [0.25, 0.3) is 0 Å². The van der Waals surface area contributed by atoms with Gasteiger partial charge in [-0.05, 0) is 12.2 Å². The van der Waals surface area contributed by atoms with Crippen molar-refractivity contribution in [1.82, 2.24) is 9.55 Å². The fourth-order valence-electron chi connectivity index (χ4n) is 2.06. The molecule has 1 saturated heterocycles. The molecule has 0 spiro atoms. The summed E-state index contributed by atoms with van der Waals surface area (Å²) in [5, 5.41) is 28.9. The van der Waals surface area contributed by atoms with Crippen LogP contribution in [0.15, 0.2) is 11.0 Å². The van der Waals surface area contributed by atoms with E-state index in [0.717, 1.165) is 4.57 Å². The predicted octanol–water partition coefficient (Wildman–Crippen LogP) is -1.00. The minimum Gasteiger partial charge on any atom is -0.394 e. The zero-order valence-corrected chi connectivity index (χ0v) is 10.8. The van der Waals surface area contributed by atoms with E-state index in [1.54, 1.807) is 0 Å². The Kier molecular flexibility index (Phi) is 4.02. The average Bonchev–Trinajstić information content (AvgIpc) is 2.67. The molecule has 0 aromatic carbocycles. The summed E-state index contributed by atoms with van der Waals surface area (Å²) in [5.41, 5.74) is -3.50. The Labute approximate surface area is 116 Å². The first-order valence-electron chi connectivity index (χ1n) is 5.59. The lowest BCUT2D eigenvalue weighted by atomic mass is 9.95. The van der Waals surface area contributed by atoms with E-state index in [0.29, 0.717) is 6.20 Å². The Morgan fingerprint density at radius 3 is 2.80 bits per heavy atom. The van der Waals surface area contributed by atoms with Gasteiger partial charge in [0.1, 0.15) is 18.9 Å². The quantitative estimate of drug-likeness (QED) is 0.533. The highest BCUT2D eigenvalue weighted by Crippen LogP contribution is 2.38. The molecule has 0 bridgehead atoms. The number of halogens is 2. The SMILES string of the molecule is O=c1[nH]c(=S)n([C@@H]2O[C@H](CO)[C@H](O)C2(O)CF)cc1F. The third-order valence-corrected chi connectivity index (χ3v) is 3.48. The summed E-state index contributed by atoms with van der Waals surface area (Å²) in [5.74, 6) is -1.22. The van der Waals surface area contributed by atoms with Crippen molar-refractivity contribution in [3.8, 4) is 0 Å². The molecule has 10 heteroatoms. The molecule has 1 aromatic rings. The summed E-state index contributed by atoms with van der Waals surface area (Å²) in [4.78, 5) is 13.0. The van der Waals surface area contributed by atoms with Crippen LogP contribution in [0, 0.1) is 10.6 Å². The Bertz CT molecular complexity index is 620. The van der Waals surface area contributed by atoms with Crippen molar-refractivity contribution in [1.29, 1.82) is 0 Å². The molecule has 0 saturated carbocycles. The summed E-state index contributed by atoms with van der Waals surface area (Å²) in [6.07, 6.45) is -3.95. The Morgan fingerprint density at radius 2 is 2.25 bits per heavy atom. The fraction of sp³-hybridized carbons (Fsp3) is 0.600. The smallest absolute Gasteiger partial charge is 0.287 e. The number of hydrogen-bond donors (Lipinski definition) is 4. The first-order chi connectivity index (χ1) is 9.35. The van der Waals surface area contributed by atoms with E-state index in [-0.39, 0.29) is 4.77 Å². The highest BCUT2D eigenvalue weighted by Gasteiger charge is 2.56. The van der Waals surface area contributed by atoms with E-state index < -0.39 is 48.7 Å². The zero-order chi connectivity index (χ0) is 15.1. The van der Waals surface area contributed by atoms with Gasteiger partial charge in [-0.3, -0.25) is 14.3 Å². The average molecular weight is 310 g/mol. The molecule has 2 rings (SSSR count). The van der Waals surface area contributed by atoms with Gasteiger partial charge >= 0.3 is 0 Å². The van der Waals surface area contributed by atoms with E-state index in [1.165, 1.54) is 0 Å². The molecule has 1 aliphatic heterocycles. The highest BCUT2D eigenvalue weighted by molar-refractivity contribution is 7.71.